The van der Waals surface area contributed by atoms with Crippen LogP contribution in [0.1, 0.15) is 5.56 Å². The Balaban J connectivity index is 1.50. The minimum Gasteiger partial charge on any atom is -0.486 e. The third-order valence-electron chi connectivity index (χ3n) is 3.77. The molecule has 1 aliphatic heterocycles. The van der Waals surface area contributed by atoms with E-state index in [2.05, 4.69) is 11.4 Å². The Morgan fingerprint density at radius 1 is 1.28 bits per heavy atom. The Kier molecular flexibility index (Phi) is 5.17. The maximum atomic E-state index is 12.2. The molecule has 2 aromatic carbocycles. The molecule has 1 N–H and O–H groups in total. The lowest BCUT2D eigenvalue weighted by atomic mass is 10.2. The van der Waals surface area contributed by atoms with Gasteiger partial charge in [-0.05, 0) is 37.4 Å². The number of hydrogen-bond donors (Lipinski definition) is 1. The number of fused-ring (bicyclic) bond motifs is 1. The van der Waals surface area contributed by atoms with Crippen LogP contribution in [0.15, 0.2) is 48.5 Å². The van der Waals surface area contributed by atoms with Crippen molar-refractivity contribution in [2.24, 2.45) is 0 Å². The number of carbonyl (C=O) groups is 1. The van der Waals surface area contributed by atoms with Crippen LogP contribution < -0.4 is 14.8 Å². The van der Waals surface area contributed by atoms with E-state index in [1.165, 1.54) is 0 Å². The lowest BCUT2D eigenvalue weighted by Gasteiger charge is -2.29. The number of hydrogen-bond acceptors (Lipinski definition) is 5. The van der Waals surface area contributed by atoms with Crippen molar-refractivity contribution >= 4 is 11.6 Å². The number of benzene rings is 2. The van der Waals surface area contributed by atoms with Gasteiger partial charge >= 0.3 is 0 Å². The molecule has 6 heteroatoms. The molecule has 1 heterocycles. The summed E-state index contributed by atoms with van der Waals surface area (Å²) in [6.45, 7) is 1.24. The predicted octanol–water partition coefficient (Wildman–Crippen LogP) is 2.27. The molecule has 1 atom stereocenters. The fraction of sp³-hybridized carbons (Fsp3) is 0.263. The first-order chi connectivity index (χ1) is 12.1. The molecule has 1 aliphatic rings. The number of para-hydroxylation sites is 2. The first kappa shape index (κ1) is 16.8. The smallest absolute Gasteiger partial charge is 0.238 e. The van der Waals surface area contributed by atoms with Crippen molar-refractivity contribution in [2.45, 2.75) is 6.10 Å². The van der Waals surface area contributed by atoms with Crippen molar-refractivity contribution in [3.63, 3.8) is 0 Å². The fourth-order valence-electron chi connectivity index (χ4n) is 2.68. The van der Waals surface area contributed by atoms with Crippen molar-refractivity contribution in [1.29, 1.82) is 5.26 Å². The summed E-state index contributed by atoms with van der Waals surface area (Å²) in [6.07, 6.45) is -0.130. The highest BCUT2D eigenvalue weighted by molar-refractivity contribution is 5.92. The summed E-state index contributed by atoms with van der Waals surface area (Å²) in [4.78, 5) is 14.0. The Morgan fingerprint density at radius 3 is 2.88 bits per heavy atom. The zero-order chi connectivity index (χ0) is 17.6. The van der Waals surface area contributed by atoms with Gasteiger partial charge in [-0.3, -0.25) is 9.69 Å². The number of nitrogens with zero attached hydrogens (tertiary/aromatic N) is 2. The van der Waals surface area contributed by atoms with Gasteiger partial charge in [-0.1, -0.05) is 18.2 Å². The van der Waals surface area contributed by atoms with E-state index in [9.17, 15) is 4.79 Å². The number of amides is 1. The van der Waals surface area contributed by atoms with Gasteiger partial charge in [0.05, 0.1) is 18.2 Å². The Morgan fingerprint density at radius 2 is 2.08 bits per heavy atom. The highest BCUT2D eigenvalue weighted by atomic mass is 16.6. The average Bonchev–Trinajstić information content (AvgIpc) is 2.61. The average molecular weight is 337 g/mol. The standard InChI is InChI=1S/C19H19N3O3/c1-22(11-16-13-24-17-7-2-3-8-18(17)25-16)12-19(23)21-15-6-4-5-14(9-15)10-20/h2-9,16H,11-13H2,1H3,(H,21,23)/t16-/m0/s1. The summed E-state index contributed by atoms with van der Waals surface area (Å²) in [6, 6.07) is 16.4. The quantitative estimate of drug-likeness (QED) is 0.906. The second kappa shape index (κ2) is 7.69. The molecule has 2 aromatic rings. The van der Waals surface area contributed by atoms with E-state index in [1.807, 2.05) is 36.2 Å². The van der Waals surface area contributed by atoms with E-state index in [0.29, 0.717) is 24.4 Å². The molecule has 25 heavy (non-hydrogen) atoms. The fourth-order valence-corrected chi connectivity index (χ4v) is 2.68. The molecule has 0 bridgehead atoms. The Hall–Kier alpha value is -3.04. The van der Waals surface area contributed by atoms with Gasteiger partial charge in [0, 0.05) is 12.2 Å². The summed E-state index contributed by atoms with van der Waals surface area (Å²) in [7, 11) is 1.86. The molecule has 3 rings (SSSR count). The van der Waals surface area contributed by atoms with Gasteiger partial charge in [0.1, 0.15) is 12.7 Å². The van der Waals surface area contributed by atoms with E-state index >= 15 is 0 Å². The number of rotatable bonds is 5. The SMILES string of the molecule is CN(CC(=O)Nc1cccc(C#N)c1)C[C@H]1COc2ccccc2O1. The van der Waals surface area contributed by atoms with Gasteiger partial charge in [0.2, 0.25) is 5.91 Å². The lowest BCUT2D eigenvalue weighted by Crippen LogP contribution is -2.42. The van der Waals surface area contributed by atoms with Crippen LogP contribution in [-0.2, 0) is 4.79 Å². The number of ether oxygens (including phenoxy) is 2. The summed E-state index contributed by atoms with van der Waals surface area (Å²) >= 11 is 0. The van der Waals surface area contributed by atoms with E-state index in [-0.39, 0.29) is 18.6 Å². The van der Waals surface area contributed by atoms with E-state index < -0.39 is 0 Å². The molecule has 6 nitrogen and oxygen atoms in total. The normalized spacial score (nSPS) is 15.5. The molecule has 0 aliphatic carbocycles. The van der Waals surface area contributed by atoms with Crippen molar-refractivity contribution in [2.75, 3.05) is 32.1 Å². The molecule has 0 saturated carbocycles. The number of anilines is 1. The van der Waals surface area contributed by atoms with Crippen LogP contribution in [0.5, 0.6) is 11.5 Å². The van der Waals surface area contributed by atoms with E-state index in [4.69, 9.17) is 14.7 Å². The summed E-state index contributed by atoms with van der Waals surface area (Å²) in [5.41, 5.74) is 1.13. The van der Waals surface area contributed by atoms with Crippen molar-refractivity contribution in [1.82, 2.24) is 4.90 Å². The van der Waals surface area contributed by atoms with Gasteiger partial charge in [0.15, 0.2) is 11.5 Å². The molecule has 0 fully saturated rings. The van der Waals surface area contributed by atoms with Crippen LogP contribution in [0.25, 0.3) is 0 Å². The third kappa shape index (κ3) is 4.49. The summed E-state index contributed by atoms with van der Waals surface area (Å²) in [5, 5.41) is 11.7. The van der Waals surface area contributed by atoms with Gasteiger partial charge in [-0.15, -0.1) is 0 Å². The highest BCUT2D eigenvalue weighted by Crippen LogP contribution is 2.30. The largest absolute Gasteiger partial charge is 0.486 e. The van der Waals surface area contributed by atoms with Crippen LogP contribution in [-0.4, -0.2) is 43.7 Å². The number of likely N-dealkylation sites (N-methyl/N-ethyl adjacent to an activating group) is 1. The van der Waals surface area contributed by atoms with Gasteiger partial charge in [-0.25, -0.2) is 0 Å². The van der Waals surface area contributed by atoms with Crippen LogP contribution in [0, 0.1) is 11.3 Å². The minimum absolute atomic E-state index is 0.130. The number of nitrogens with one attached hydrogen (secondary N) is 1. The van der Waals surface area contributed by atoms with Crippen LogP contribution in [0.2, 0.25) is 0 Å². The van der Waals surface area contributed by atoms with E-state index in [0.717, 1.165) is 11.5 Å². The molecule has 0 aromatic heterocycles. The molecular weight excluding hydrogens is 318 g/mol. The van der Waals surface area contributed by atoms with Crippen LogP contribution >= 0.6 is 0 Å². The van der Waals surface area contributed by atoms with Gasteiger partial charge in [-0.2, -0.15) is 5.26 Å². The summed E-state index contributed by atoms with van der Waals surface area (Å²) < 4.78 is 11.6. The van der Waals surface area contributed by atoms with Gasteiger partial charge < -0.3 is 14.8 Å². The minimum atomic E-state index is -0.144. The molecule has 0 radical (unpaired) electrons. The lowest BCUT2D eigenvalue weighted by molar-refractivity contribution is -0.117. The van der Waals surface area contributed by atoms with Crippen molar-refractivity contribution in [3.05, 3.63) is 54.1 Å². The number of carbonyl (C=O) groups excluding carboxylic acids is 1. The maximum Gasteiger partial charge on any atom is 0.238 e. The number of nitriles is 1. The zero-order valence-electron chi connectivity index (χ0n) is 13.9. The zero-order valence-corrected chi connectivity index (χ0v) is 13.9. The summed E-state index contributed by atoms with van der Waals surface area (Å²) in [5.74, 6) is 1.33. The van der Waals surface area contributed by atoms with Crippen LogP contribution in [0.3, 0.4) is 0 Å². The molecule has 0 saturated heterocycles. The topological polar surface area (TPSA) is 74.6 Å². The molecule has 1 amide bonds. The maximum absolute atomic E-state index is 12.2. The van der Waals surface area contributed by atoms with Gasteiger partial charge in [0.25, 0.3) is 0 Å². The predicted molar refractivity (Wildman–Crippen MR) is 93.6 cm³/mol. The monoisotopic (exact) mass is 337 g/mol. The first-order valence-corrected chi connectivity index (χ1v) is 8.01. The molecule has 0 unspecified atom stereocenters. The Labute approximate surface area is 146 Å². The molecule has 0 spiro atoms. The molecule has 128 valence electrons. The third-order valence-corrected chi connectivity index (χ3v) is 3.77. The van der Waals surface area contributed by atoms with E-state index in [1.54, 1.807) is 24.3 Å². The second-order valence-corrected chi connectivity index (χ2v) is 5.94. The van der Waals surface area contributed by atoms with Crippen LogP contribution in [0.4, 0.5) is 5.69 Å². The Bertz CT molecular complexity index is 800. The molecular formula is C19H19N3O3. The van der Waals surface area contributed by atoms with Crippen molar-refractivity contribution in [3.8, 4) is 17.6 Å². The first-order valence-electron chi connectivity index (χ1n) is 8.01. The van der Waals surface area contributed by atoms with Crippen molar-refractivity contribution < 1.29 is 14.3 Å². The highest BCUT2D eigenvalue weighted by Gasteiger charge is 2.22. The second-order valence-electron chi connectivity index (χ2n) is 5.94.